The van der Waals surface area contributed by atoms with E-state index in [1.54, 1.807) is 12.1 Å². The summed E-state index contributed by atoms with van der Waals surface area (Å²) in [5.41, 5.74) is 1.27. The first-order chi connectivity index (χ1) is 9.55. The van der Waals surface area contributed by atoms with E-state index in [1.165, 1.54) is 0 Å². The largest absolute Gasteiger partial charge is 0.365 e. The monoisotopic (exact) mass is 342 g/mol. The number of hydrogen-bond acceptors (Lipinski definition) is 2. The van der Waals surface area contributed by atoms with Crippen LogP contribution in [0.15, 0.2) is 22.7 Å². The number of halogens is 2. The molecule has 0 aromatic heterocycles. The second kappa shape index (κ2) is 6.44. The van der Waals surface area contributed by atoms with Crippen LogP contribution < -0.4 is 10.2 Å². The Hall–Kier alpha value is -0.610. The number of rotatable bonds is 4. The Morgan fingerprint density at radius 3 is 2.60 bits per heavy atom. The minimum atomic E-state index is -0.193. The summed E-state index contributed by atoms with van der Waals surface area (Å²) in [6.45, 7) is 8.65. The molecule has 1 aromatic rings. The highest BCUT2D eigenvalue weighted by molar-refractivity contribution is 9.10. The van der Waals surface area contributed by atoms with E-state index >= 15 is 0 Å². The number of anilines is 1. The van der Waals surface area contributed by atoms with Crippen molar-refractivity contribution in [2.75, 3.05) is 18.0 Å². The zero-order chi connectivity index (χ0) is 14.8. The van der Waals surface area contributed by atoms with Gasteiger partial charge >= 0.3 is 0 Å². The average Bonchev–Trinajstić information content (AvgIpc) is 2.46. The summed E-state index contributed by atoms with van der Waals surface area (Å²) < 4.78 is 14.2. The van der Waals surface area contributed by atoms with Crippen molar-refractivity contribution in [1.29, 1.82) is 0 Å². The first kappa shape index (κ1) is 15.8. The number of nitrogens with one attached hydrogen (secondary N) is 1. The van der Waals surface area contributed by atoms with E-state index in [0.29, 0.717) is 6.04 Å². The van der Waals surface area contributed by atoms with Gasteiger partial charge in [-0.2, -0.15) is 0 Å². The summed E-state index contributed by atoms with van der Waals surface area (Å²) in [7, 11) is 0. The highest BCUT2D eigenvalue weighted by Gasteiger charge is 2.36. The van der Waals surface area contributed by atoms with Gasteiger partial charge in [0.2, 0.25) is 0 Å². The van der Waals surface area contributed by atoms with E-state index < -0.39 is 0 Å². The first-order valence-corrected chi connectivity index (χ1v) is 8.31. The van der Waals surface area contributed by atoms with Crippen LogP contribution in [0.4, 0.5) is 10.1 Å². The number of nitrogens with zero attached hydrogens (tertiary/aromatic N) is 1. The zero-order valence-electron chi connectivity index (χ0n) is 12.5. The van der Waals surface area contributed by atoms with Gasteiger partial charge in [-0.05, 0) is 53.4 Å². The van der Waals surface area contributed by atoms with Gasteiger partial charge < -0.3 is 10.2 Å². The molecule has 1 N–H and O–H groups in total. The Bertz CT molecular complexity index is 460. The normalized spacial score (nSPS) is 22.1. The van der Waals surface area contributed by atoms with Gasteiger partial charge in [0.25, 0.3) is 0 Å². The fourth-order valence-electron chi connectivity index (χ4n) is 3.04. The molecule has 0 bridgehead atoms. The molecule has 0 aliphatic carbocycles. The maximum Gasteiger partial charge on any atom is 0.124 e. The molecule has 4 heteroatoms. The molecule has 2 nitrogen and oxygen atoms in total. The molecule has 0 amide bonds. The molecule has 0 radical (unpaired) electrons. The van der Waals surface area contributed by atoms with E-state index in [0.717, 1.165) is 42.5 Å². The maximum atomic E-state index is 13.3. The molecule has 1 aliphatic heterocycles. The SMILES string of the molecule is CCC1CNC(CC)(CC)CN1c1ccc(F)cc1Br. The van der Waals surface area contributed by atoms with Gasteiger partial charge in [-0.1, -0.05) is 20.8 Å². The molecular weight excluding hydrogens is 319 g/mol. The summed E-state index contributed by atoms with van der Waals surface area (Å²) >= 11 is 3.52. The van der Waals surface area contributed by atoms with Crippen molar-refractivity contribution in [2.24, 2.45) is 0 Å². The van der Waals surface area contributed by atoms with Crippen LogP contribution in [-0.4, -0.2) is 24.7 Å². The van der Waals surface area contributed by atoms with Crippen LogP contribution in [0.25, 0.3) is 0 Å². The van der Waals surface area contributed by atoms with Crippen LogP contribution in [-0.2, 0) is 0 Å². The zero-order valence-corrected chi connectivity index (χ0v) is 14.1. The molecule has 1 aromatic carbocycles. The van der Waals surface area contributed by atoms with Crippen LogP contribution in [0, 0.1) is 5.82 Å². The van der Waals surface area contributed by atoms with E-state index in [2.05, 4.69) is 46.9 Å². The van der Waals surface area contributed by atoms with Gasteiger partial charge in [0, 0.05) is 29.1 Å². The van der Waals surface area contributed by atoms with Gasteiger partial charge in [0.1, 0.15) is 5.82 Å². The third-order valence-corrected chi connectivity index (χ3v) is 5.31. The number of hydrogen-bond donors (Lipinski definition) is 1. The summed E-state index contributed by atoms with van der Waals surface area (Å²) in [4.78, 5) is 2.44. The third kappa shape index (κ3) is 3.01. The molecule has 1 heterocycles. The molecule has 2 rings (SSSR count). The molecule has 1 saturated heterocycles. The van der Waals surface area contributed by atoms with Crippen LogP contribution in [0.3, 0.4) is 0 Å². The van der Waals surface area contributed by atoms with E-state index in [4.69, 9.17) is 0 Å². The average molecular weight is 343 g/mol. The van der Waals surface area contributed by atoms with Crippen LogP contribution in [0.5, 0.6) is 0 Å². The van der Waals surface area contributed by atoms with Crippen LogP contribution >= 0.6 is 15.9 Å². The third-order valence-electron chi connectivity index (χ3n) is 4.67. The molecular formula is C16H24BrFN2. The molecule has 1 unspecified atom stereocenters. The van der Waals surface area contributed by atoms with Gasteiger partial charge in [0.15, 0.2) is 0 Å². The van der Waals surface area contributed by atoms with Crippen molar-refractivity contribution >= 4 is 21.6 Å². The second-order valence-electron chi connectivity index (χ2n) is 5.65. The minimum Gasteiger partial charge on any atom is -0.365 e. The fraction of sp³-hybridized carbons (Fsp3) is 0.625. The Morgan fingerprint density at radius 2 is 2.05 bits per heavy atom. The summed E-state index contributed by atoms with van der Waals surface area (Å²) in [6, 6.07) is 5.46. The number of benzene rings is 1. The lowest BCUT2D eigenvalue weighted by Crippen LogP contribution is -2.64. The van der Waals surface area contributed by atoms with Crippen molar-refractivity contribution in [3.8, 4) is 0 Å². The molecule has 20 heavy (non-hydrogen) atoms. The quantitative estimate of drug-likeness (QED) is 0.875. The highest BCUT2D eigenvalue weighted by Crippen LogP contribution is 2.33. The molecule has 112 valence electrons. The van der Waals surface area contributed by atoms with E-state index in [9.17, 15) is 4.39 Å². The minimum absolute atomic E-state index is 0.166. The number of piperazine rings is 1. The Balaban J connectivity index is 2.33. The molecule has 0 spiro atoms. The topological polar surface area (TPSA) is 15.3 Å². The van der Waals surface area contributed by atoms with Crippen molar-refractivity contribution in [3.63, 3.8) is 0 Å². The standard InChI is InChI=1S/C16H24BrFN2/c1-4-13-10-19-16(5-2,6-3)11-20(13)15-8-7-12(18)9-14(15)17/h7-9,13,19H,4-6,10-11H2,1-3H3. The second-order valence-corrected chi connectivity index (χ2v) is 6.51. The van der Waals surface area contributed by atoms with Crippen molar-refractivity contribution in [1.82, 2.24) is 5.32 Å². The predicted molar refractivity (Wildman–Crippen MR) is 86.8 cm³/mol. The highest BCUT2D eigenvalue weighted by atomic mass is 79.9. The van der Waals surface area contributed by atoms with Crippen molar-refractivity contribution in [2.45, 2.75) is 51.6 Å². The van der Waals surface area contributed by atoms with Crippen molar-refractivity contribution in [3.05, 3.63) is 28.5 Å². The van der Waals surface area contributed by atoms with Crippen LogP contribution in [0.2, 0.25) is 0 Å². The van der Waals surface area contributed by atoms with Crippen LogP contribution in [0.1, 0.15) is 40.0 Å². The van der Waals surface area contributed by atoms with Gasteiger partial charge in [-0.25, -0.2) is 4.39 Å². The summed E-state index contributed by atoms with van der Waals surface area (Å²) in [5, 5.41) is 3.73. The lowest BCUT2D eigenvalue weighted by molar-refractivity contribution is 0.246. The molecule has 1 fully saturated rings. The first-order valence-electron chi connectivity index (χ1n) is 7.52. The Labute approximate surface area is 129 Å². The van der Waals surface area contributed by atoms with Gasteiger partial charge in [0.05, 0.1) is 5.69 Å². The predicted octanol–water partition coefficient (Wildman–Crippen LogP) is 4.34. The molecule has 1 atom stereocenters. The molecule has 0 saturated carbocycles. The Kier molecular flexibility index (Phi) is 5.08. The van der Waals surface area contributed by atoms with Crippen molar-refractivity contribution < 1.29 is 4.39 Å². The maximum absolute atomic E-state index is 13.3. The lowest BCUT2D eigenvalue weighted by atomic mass is 9.87. The fourth-order valence-corrected chi connectivity index (χ4v) is 3.62. The Morgan fingerprint density at radius 1 is 1.35 bits per heavy atom. The molecule has 1 aliphatic rings. The van der Waals surface area contributed by atoms with Gasteiger partial charge in [-0.3, -0.25) is 0 Å². The van der Waals surface area contributed by atoms with E-state index in [1.807, 2.05) is 6.07 Å². The smallest absolute Gasteiger partial charge is 0.124 e. The summed E-state index contributed by atoms with van der Waals surface area (Å²) in [5.74, 6) is -0.193. The lowest BCUT2D eigenvalue weighted by Gasteiger charge is -2.48. The van der Waals surface area contributed by atoms with Gasteiger partial charge in [-0.15, -0.1) is 0 Å². The summed E-state index contributed by atoms with van der Waals surface area (Å²) in [6.07, 6.45) is 3.30. The van der Waals surface area contributed by atoms with E-state index in [-0.39, 0.29) is 11.4 Å².